The third kappa shape index (κ3) is 4.00. The Morgan fingerprint density at radius 2 is 2.16 bits per heavy atom. The number of furan rings is 1. The minimum absolute atomic E-state index is 0.180. The van der Waals surface area contributed by atoms with Gasteiger partial charge in [0.2, 0.25) is 11.8 Å². The number of halogens is 1. The van der Waals surface area contributed by atoms with Crippen molar-refractivity contribution in [3.63, 3.8) is 0 Å². The number of rotatable bonds is 6. The zero-order chi connectivity index (χ0) is 17.8. The number of hydrogen-bond donors (Lipinski definition) is 1. The first-order valence-electron chi connectivity index (χ1n) is 7.57. The first-order chi connectivity index (χ1) is 12.1. The lowest BCUT2D eigenvalue weighted by molar-refractivity contribution is -0.116. The number of benzene rings is 1. The van der Waals surface area contributed by atoms with Gasteiger partial charge in [-0.15, -0.1) is 10.2 Å². The van der Waals surface area contributed by atoms with Crippen LogP contribution in [0.1, 0.15) is 18.1 Å². The summed E-state index contributed by atoms with van der Waals surface area (Å²) in [5.74, 6) is 1.83. The molecule has 1 aromatic carbocycles. The zero-order valence-corrected chi connectivity index (χ0v) is 14.5. The number of ether oxygens (including phenoxy) is 1. The molecule has 0 aliphatic carbocycles. The topological polar surface area (TPSA) is 90.4 Å². The van der Waals surface area contributed by atoms with Gasteiger partial charge in [-0.1, -0.05) is 11.6 Å². The van der Waals surface area contributed by atoms with E-state index in [-0.39, 0.29) is 12.3 Å². The summed E-state index contributed by atoms with van der Waals surface area (Å²) in [5, 5.41) is 11.1. The van der Waals surface area contributed by atoms with Crippen LogP contribution in [0.3, 0.4) is 0 Å². The van der Waals surface area contributed by atoms with Crippen molar-refractivity contribution in [3.05, 3.63) is 47.2 Å². The SMILES string of the molecule is COc1ccc(NC(=O)CCc2nnc(-c3ccoc3C)o2)cc1Cl. The van der Waals surface area contributed by atoms with Gasteiger partial charge in [0, 0.05) is 18.5 Å². The largest absolute Gasteiger partial charge is 0.495 e. The Balaban J connectivity index is 1.57. The molecule has 0 saturated heterocycles. The third-order valence-electron chi connectivity index (χ3n) is 3.56. The number of nitrogens with one attached hydrogen (secondary N) is 1. The van der Waals surface area contributed by atoms with Crippen molar-refractivity contribution in [3.8, 4) is 17.2 Å². The Morgan fingerprint density at radius 3 is 2.84 bits per heavy atom. The number of methoxy groups -OCH3 is 1. The number of hydrogen-bond acceptors (Lipinski definition) is 6. The quantitative estimate of drug-likeness (QED) is 0.716. The maximum Gasteiger partial charge on any atom is 0.251 e. The second-order valence-corrected chi connectivity index (χ2v) is 5.70. The van der Waals surface area contributed by atoms with Crippen molar-refractivity contribution in [2.45, 2.75) is 19.8 Å². The van der Waals surface area contributed by atoms with Crippen molar-refractivity contribution in [1.29, 1.82) is 0 Å². The molecule has 0 saturated carbocycles. The van der Waals surface area contributed by atoms with Crippen molar-refractivity contribution in [2.24, 2.45) is 0 Å². The van der Waals surface area contributed by atoms with Crippen molar-refractivity contribution in [2.75, 3.05) is 12.4 Å². The highest BCUT2D eigenvalue weighted by molar-refractivity contribution is 6.32. The number of nitrogens with zero attached hydrogens (tertiary/aromatic N) is 2. The third-order valence-corrected chi connectivity index (χ3v) is 3.85. The summed E-state index contributed by atoms with van der Waals surface area (Å²) in [6, 6.07) is 6.79. The second kappa shape index (κ2) is 7.40. The molecule has 0 aliphatic rings. The minimum Gasteiger partial charge on any atom is -0.495 e. The van der Waals surface area contributed by atoms with Crippen LogP contribution >= 0.6 is 11.6 Å². The van der Waals surface area contributed by atoms with Gasteiger partial charge in [0.15, 0.2) is 0 Å². The highest BCUT2D eigenvalue weighted by Gasteiger charge is 2.14. The molecule has 3 rings (SSSR count). The summed E-state index contributed by atoms with van der Waals surface area (Å²) in [5.41, 5.74) is 1.34. The minimum atomic E-state index is -0.180. The Labute approximate surface area is 148 Å². The molecule has 3 aromatic rings. The predicted molar refractivity (Wildman–Crippen MR) is 91.7 cm³/mol. The van der Waals surface area contributed by atoms with Gasteiger partial charge in [0.25, 0.3) is 5.89 Å². The van der Waals surface area contributed by atoms with Crippen LogP contribution in [0.5, 0.6) is 5.75 Å². The lowest BCUT2D eigenvalue weighted by Crippen LogP contribution is -2.12. The van der Waals surface area contributed by atoms with Crippen molar-refractivity contribution >= 4 is 23.2 Å². The summed E-state index contributed by atoms with van der Waals surface area (Å²) >= 11 is 6.03. The molecule has 130 valence electrons. The van der Waals surface area contributed by atoms with Gasteiger partial charge >= 0.3 is 0 Å². The van der Waals surface area contributed by atoms with Gasteiger partial charge in [-0.2, -0.15) is 0 Å². The summed E-state index contributed by atoms with van der Waals surface area (Å²) in [4.78, 5) is 12.1. The molecule has 7 nitrogen and oxygen atoms in total. The molecule has 8 heteroatoms. The highest BCUT2D eigenvalue weighted by Crippen LogP contribution is 2.27. The monoisotopic (exact) mass is 361 g/mol. The summed E-state index contributed by atoms with van der Waals surface area (Å²) in [7, 11) is 1.53. The van der Waals surface area contributed by atoms with Gasteiger partial charge in [0.05, 0.1) is 24.0 Å². The predicted octanol–water partition coefficient (Wildman–Crippen LogP) is 3.87. The van der Waals surface area contributed by atoms with Gasteiger partial charge in [-0.25, -0.2) is 0 Å². The van der Waals surface area contributed by atoms with E-state index in [4.69, 9.17) is 25.2 Å². The first kappa shape index (κ1) is 17.0. The average Bonchev–Trinajstić information content (AvgIpc) is 3.21. The number of anilines is 1. The molecular formula is C17H16ClN3O4. The van der Waals surface area contributed by atoms with Crippen LogP contribution in [0.4, 0.5) is 5.69 Å². The average molecular weight is 362 g/mol. The van der Waals surface area contributed by atoms with Crippen LogP contribution in [0.15, 0.2) is 39.4 Å². The van der Waals surface area contributed by atoms with Gasteiger partial charge < -0.3 is 18.9 Å². The maximum atomic E-state index is 12.1. The van der Waals surface area contributed by atoms with E-state index in [1.54, 1.807) is 30.5 Å². The lowest BCUT2D eigenvalue weighted by Gasteiger charge is -2.07. The molecular weight excluding hydrogens is 346 g/mol. The Morgan fingerprint density at radius 1 is 1.32 bits per heavy atom. The molecule has 0 bridgehead atoms. The van der Waals surface area contributed by atoms with Crippen LogP contribution in [0.2, 0.25) is 5.02 Å². The van der Waals surface area contributed by atoms with E-state index in [9.17, 15) is 4.79 Å². The Kier molecular flexibility index (Phi) is 5.04. The Hall–Kier alpha value is -2.80. The van der Waals surface area contributed by atoms with Gasteiger partial charge in [0.1, 0.15) is 11.5 Å². The molecule has 2 aromatic heterocycles. The number of carbonyl (C=O) groups excluding carboxylic acids is 1. The standard InChI is InChI=1S/C17H16ClN3O4/c1-10-12(7-8-24-10)17-21-20-16(25-17)6-5-15(22)19-11-3-4-14(23-2)13(18)9-11/h3-4,7-9H,5-6H2,1-2H3,(H,19,22). The normalized spacial score (nSPS) is 10.7. The molecule has 0 aliphatic heterocycles. The molecule has 1 N–H and O–H groups in total. The fraction of sp³-hybridized carbons (Fsp3) is 0.235. The second-order valence-electron chi connectivity index (χ2n) is 5.29. The van der Waals surface area contributed by atoms with Crippen LogP contribution in [-0.2, 0) is 11.2 Å². The van der Waals surface area contributed by atoms with E-state index >= 15 is 0 Å². The van der Waals surface area contributed by atoms with Crippen LogP contribution in [0, 0.1) is 6.92 Å². The number of aromatic nitrogens is 2. The van der Waals surface area contributed by atoms with E-state index in [0.717, 1.165) is 5.56 Å². The Bertz CT molecular complexity index is 888. The number of carbonyl (C=O) groups is 1. The maximum absolute atomic E-state index is 12.1. The van der Waals surface area contributed by atoms with Crippen LogP contribution in [0.25, 0.3) is 11.5 Å². The molecule has 0 unspecified atom stereocenters. The van der Waals surface area contributed by atoms with Crippen LogP contribution < -0.4 is 10.1 Å². The fourth-order valence-corrected chi connectivity index (χ4v) is 2.52. The van der Waals surface area contributed by atoms with E-state index < -0.39 is 0 Å². The number of aryl methyl sites for hydroxylation is 2. The summed E-state index contributed by atoms with van der Waals surface area (Å²) in [6.07, 6.45) is 2.09. The van der Waals surface area contributed by atoms with Crippen LogP contribution in [-0.4, -0.2) is 23.2 Å². The molecule has 25 heavy (non-hydrogen) atoms. The molecule has 1 amide bonds. The first-order valence-corrected chi connectivity index (χ1v) is 7.95. The van der Waals surface area contributed by atoms with Crippen molar-refractivity contribution < 1.29 is 18.4 Å². The van der Waals surface area contributed by atoms with E-state index in [1.807, 2.05) is 6.92 Å². The van der Waals surface area contributed by atoms with Gasteiger partial charge in [-0.05, 0) is 31.2 Å². The molecule has 0 atom stereocenters. The van der Waals surface area contributed by atoms with E-state index in [1.165, 1.54) is 7.11 Å². The molecule has 0 radical (unpaired) electrons. The van der Waals surface area contributed by atoms with E-state index in [0.29, 0.717) is 40.4 Å². The molecule has 0 spiro atoms. The van der Waals surface area contributed by atoms with Gasteiger partial charge in [-0.3, -0.25) is 4.79 Å². The summed E-state index contributed by atoms with van der Waals surface area (Å²) < 4.78 is 15.8. The van der Waals surface area contributed by atoms with Crippen molar-refractivity contribution in [1.82, 2.24) is 10.2 Å². The smallest absolute Gasteiger partial charge is 0.251 e. The molecule has 0 fully saturated rings. The number of amides is 1. The zero-order valence-electron chi connectivity index (χ0n) is 13.7. The highest BCUT2D eigenvalue weighted by atomic mass is 35.5. The van der Waals surface area contributed by atoms with E-state index in [2.05, 4.69) is 15.5 Å². The fourth-order valence-electron chi connectivity index (χ4n) is 2.26. The lowest BCUT2D eigenvalue weighted by atomic mass is 10.2. The molecule has 2 heterocycles. The summed E-state index contributed by atoms with van der Waals surface area (Å²) in [6.45, 7) is 1.81.